The standard InChI is InChI=1S/C22H27ClN4O/c23-19-15-18(22(28)27-11-4-1-5-12-27)16-25-21(19)24-10-6-13-26-14-9-17-7-2-3-8-20(17)26/h2-3,7-8,15-16H,1,4-6,9-14H2,(H,24,25). The summed E-state index contributed by atoms with van der Waals surface area (Å²) in [6.07, 6.45) is 7.13. The molecule has 148 valence electrons. The topological polar surface area (TPSA) is 48.5 Å². The van der Waals surface area contributed by atoms with Crippen molar-refractivity contribution in [2.75, 3.05) is 42.9 Å². The van der Waals surface area contributed by atoms with Crippen LogP contribution in [0.4, 0.5) is 11.5 Å². The molecule has 0 aliphatic carbocycles. The number of halogens is 1. The number of anilines is 2. The number of rotatable bonds is 6. The molecule has 1 aromatic heterocycles. The van der Waals surface area contributed by atoms with Crippen molar-refractivity contribution in [2.24, 2.45) is 0 Å². The van der Waals surface area contributed by atoms with Gasteiger partial charge >= 0.3 is 0 Å². The summed E-state index contributed by atoms with van der Waals surface area (Å²) in [5, 5.41) is 3.82. The molecule has 1 fully saturated rings. The van der Waals surface area contributed by atoms with E-state index < -0.39 is 0 Å². The molecule has 0 unspecified atom stereocenters. The van der Waals surface area contributed by atoms with Gasteiger partial charge in [-0.2, -0.15) is 0 Å². The van der Waals surface area contributed by atoms with Gasteiger partial charge in [-0.05, 0) is 49.8 Å². The van der Waals surface area contributed by atoms with E-state index in [2.05, 4.69) is 39.5 Å². The summed E-state index contributed by atoms with van der Waals surface area (Å²) in [4.78, 5) is 21.3. The van der Waals surface area contributed by atoms with E-state index in [9.17, 15) is 4.79 Å². The number of amides is 1. The van der Waals surface area contributed by atoms with E-state index in [4.69, 9.17) is 11.6 Å². The van der Waals surface area contributed by atoms with Crippen molar-refractivity contribution in [3.8, 4) is 0 Å². The Hall–Kier alpha value is -2.27. The quantitative estimate of drug-likeness (QED) is 0.740. The molecular formula is C22H27ClN4O. The second-order valence-electron chi connectivity index (χ2n) is 7.55. The Balaban J connectivity index is 1.28. The van der Waals surface area contributed by atoms with Crippen LogP contribution >= 0.6 is 11.6 Å². The first-order chi connectivity index (χ1) is 13.7. The van der Waals surface area contributed by atoms with Gasteiger partial charge in [-0.15, -0.1) is 0 Å². The van der Waals surface area contributed by atoms with Crippen LogP contribution in [0.3, 0.4) is 0 Å². The normalized spacial score (nSPS) is 16.2. The lowest BCUT2D eigenvalue weighted by molar-refractivity contribution is 0.0724. The molecule has 4 rings (SSSR count). The minimum Gasteiger partial charge on any atom is -0.371 e. The molecule has 5 nitrogen and oxygen atoms in total. The maximum Gasteiger partial charge on any atom is 0.255 e. The van der Waals surface area contributed by atoms with E-state index in [1.54, 1.807) is 12.3 Å². The number of carbonyl (C=O) groups is 1. The highest BCUT2D eigenvalue weighted by Gasteiger charge is 2.20. The zero-order chi connectivity index (χ0) is 19.3. The number of nitrogens with zero attached hydrogens (tertiary/aromatic N) is 3. The Bertz CT molecular complexity index is 835. The van der Waals surface area contributed by atoms with Crippen LogP contribution in [0.15, 0.2) is 36.5 Å². The second kappa shape index (κ2) is 8.82. The summed E-state index contributed by atoms with van der Waals surface area (Å²) >= 11 is 6.38. The Morgan fingerprint density at radius 3 is 2.79 bits per heavy atom. The largest absolute Gasteiger partial charge is 0.371 e. The molecular weight excluding hydrogens is 372 g/mol. The predicted molar refractivity (Wildman–Crippen MR) is 114 cm³/mol. The molecule has 1 aromatic carbocycles. The van der Waals surface area contributed by atoms with Crippen LogP contribution in [0.25, 0.3) is 0 Å². The van der Waals surface area contributed by atoms with Crippen LogP contribution in [0.1, 0.15) is 41.6 Å². The van der Waals surface area contributed by atoms with Crippen LogP contribution in [0.2, 0.25) is 5.02 Å². The number of hydrogen-bond donors (Lipinski definition) is 1. The van der Waals surface area contributed by atoms with E-state index in [1.165, 1.54) is 17.7 Å². The van der Waals surface area contributed by atoms with Gasteiger partial charge in [0.2, 0.25) is 0 Å². The highest BCUT2D eigenvalue weighted by Crippen LogP contribution is 2.27. The molecule has 1 N–H and O–H groups in total. The van der Waals surface area contributed by atoms with E-state index in [1.807, 2.05) is 4.90 Å². The number of carbonyl (C=O) groups excluding carboxylic acids is 1. The number of para-hydroxylation sites is 1. The zero-order valence-corrected chi connectivity index (χ0v) is 16.9. The predicted octanol–water partition coefficient (Wildman–Crippen LogP) is 4.23. The van der Waals surface area contributed by atoms with Gasteiger partial charge in [0.1, 0.15) is 5.82 Å². The van der Waals surface area contributed by atoms with E-state index in [-0.39, 0.29) is 5.91 Å². The number of aromatic nitrogens is 1. The third kappa shape index (κ3) is 4.25. The first-order valence-electron chi connectivity index (χ1n) is 10.2. The molecule has 3 heterocycles. The summed E-state index contributed by atoms with van der Waals surface area (Å²) in [6, 6.07) is 10.4. The number of pyridine rings is 1. The van der Waals surface area contributed by atoms with Crippen molar-refractivity contribution < 1.29 is 4.79 Å². The van der Waals surface area contributed by atoms with Crippen molar-refractivity contribution in [1.29, 1.82) is 0 Å². The average molecular weight is 399 g/mol. The van der Waals surface area contributed by atoms with Gasteiger partial charge < -0.3 is 15.1 Å². The molecule has 28 heavy (non-hydrogen) atoms. The van der Waals surface area contributed by atoms with Crippen LogP contribution in [0, 0.1) is 0 Å². The summed E-state index contributed by atoms with van der Waals surface area (Å²) in [7, 11) is 0. The lowest BCUT2D eigenvalue weighted by Gasteiger charge is -2.26. The number of piperidine rings is 1. The molecule has 1 amide bonds. The summed E-state index contributed by atoms with van der Waals surface area (Å²) < 4.78 is 0. The van der Waals surface area contributed by atoms with Gasteiger partial charge in [0.05, 0.1) is 10.6 Å². The van der Waals surface area contributed by atoms with Crippen LogP contribution in [-0.2, 0) is 6.42 Å². The number of fused-ring (bicyclic) bond motifs is 1. The fraction of sp³-hybridized carbons (Fsp3) is 0.455. The molecule has 0 saturated carbocycles. The number of likely N-dealkylation sites (tertiary alicyclic amines) is 1. The van der Waals surface area contributed by atoms with Gasteiger partial charge in [-0.3, -0.25) is 4.79 Å². The number of benzene rings is 1. The molecule has 6 heteroatoms. The van der Waals surface area contributed by atoms with E-state index in [0.29, 0.717) is 16.4 Å². The lowest BCUT2D eigenvalue weighted by atomic mass is 10.1. The van der Waals surface area contributed by atoms with Gasteiger partial charge in [0, 0.05) is 44.6 Å². The molecule has 2 aromatic rings. The molecule has 1 saturated heterocycles. The monoisotopic (exact) mass is 398 g/mol. The van der Waals surface area contributed by atoms with E-state index >= 15 is 0 Å². The Labute approximate surface area is 171 Å². The maximum atomic E-state index is 12.6. The third-order valence-corrected chi connectivity index (χ3v) is 5.90. The molecule has 0 bridgehead atoms. The molecule has 0 radical (unpaired) electrons. The zero-order valence-electron chi connectivity index (χ0n) is 16.2. The van der Waals surface area contributed by atoms with E-state index in [0.717, 1.165) is 58.4 Å². The first kappa shape index (κ1) is 19.1. The van der Waals surface area contributed by atoms with Crippen molar-refractivity contribution in [2.45, 2.75) is 32.1 Å². The van der Waals surface area contributed by atoms with Gasteiger partial charge in [0.25, 0.3) is 5.91 Å². The number of nitrogens with one attached hydrogen (secondary N) is 1. The molecule has 0 spiro atoms. The summed E-state index contributed by atoms with van der Waals surface area (Å²) in [5.41, 5.74) is 3.37. The average Bonchev–Trinajstić information content (AvgIpc) is 3.15. The van der Waals surface area contributed by atoms with Crippen molar-refractivity contribution >= 4 is 29.0 Å². The maximum absolute atomic E-state index is 12.6. The SMILES string of the molecule is O=C(c1cnc(NCCCN2CCc3ccccc32)c(Cl)c1)N1CCCCC1. The van der Waals surface area contributed by atoms with Crippen LogP contribution in [0.5, 0.6) is 0 Å². The minimum absolute atomic E-state index is 0.0355. The molecule has 0 atom stereocenters. The van der Waals surface area contributed by atoms with Crippen LogP contribution in [-0.4, -0.2) is 48.5 Å². The number of hydrogen-bond acceptors (Lipinski definition) is 4. The Morgan fingerprint density at radius 1 is 1.14 bits per heavy atom. The highest BCUT2D eigenvalue weighted by molar-refractivity contribution is 6.33. The minimum atomic E-state index is 0.0355. The molecule has 2 aliphatic heterocycles. The van der Waals surface area contributed by atoms with Crippen molar-refractivity contribution in [3.63, 3.8) is 0 Å². The smallest absolute Gasteiger partial charge is 0.255 e. The van der Waals surface area contributed by atoms with Crippen molar-refractivity contribution in [1.82, 2.24) is 9.88 Å². The van der Waals surface area contributed by atoms with Gasteiger partial charge in [-0.1, -0.05) is 29.8 Å². The fourth-order valence-corrected chi connectivity index (χ4v) is 4.31. The van der Waals surface area contributed by atoms with Gasteiger partial charge in [-0.25, -0.2) is 4.98 Å². The fourth-order valence-electron chi connectivity index (χ4n) is 4.08. The Kier molecular flexibility index (Phi) is 6.01. The lowest BCUT2D eigenvalue weighted by Crippen LogP contribution is -2.35. The van der Waals surface area contributed by atoms with Gasteiger partial charge in [0.15, 0.2) is 0 Å². The Morgan fingerprint density at radius 2 is 1.96 bits per heavy atom. The van der Waals surface area contributed by atoms with Crippen molar-refractivity contribution in [3.05, 3.63) is 52.7 Å². The second-order valence-corrected chi connectivity index (χ2v) is 7.96. The third-order valence-electron chi connectivity index (χ3n) is 5.61. The molecule has 2 aliphatic rings. The summed E-state index contributed by atoms with van der Waals surface area (Å²) in [6.45, 7) is 4.55. The highest BCUT2D eigenvalue weighted by atomic mass is 35.5. The summed E-state index contributed by atoms with van der Waals surface area (Å²) in [5.74, 6) is 0.687. The first-order valence-corrected chi connectivity index (χ1v) is 10.6. The van der Waals surface area contributed by atoms with Crippen LogP contribution < -0.4 is 10.2 Å².